The van der Waals surface area contributed by atoms with E-state index in [-0.39, 0.29) is 12.0 Å². The number of rotatable bonds is 7. The molecule has 3 aromatic heterocycles. The van der Waals surface area contributed by atoms with Crippen LogP contribution in [-0.2, 0) is 4.79 Å². The zero-order valence-electron chi connectivity index (χ0n) is 18.3. The lowest BCUT2D eigenvalue weighted by Crippen LogP contribution is -2.34. The lowest BCUT2D eigenvalue weighted by Gasteiger charge is -2.22. The number of aromatic nitrogens is 5. The van der Waals surface area contributed by atoms with E-state index < -0.39 is 0 Å². The van der Waals surface area contributed by atoms with E-state index in [1.54, 1.807) is 42.9 Å². The third-order valence-electron chi connectivity index (χ3n) is 5.35. The third kappa shape index (κ3) is 4.86. The van der Waals surface area contributed by atoms with Crippen molar-refractivity contribution >= 4 is 22.8 Å². The SMILES string of the molecule is C=CC(=O)Nc1cccc(Oc2cnc3[nH]cc(-c4cnc(OC5CCNCC5)cn4)c3n2)c1. The summed E-state index contributed by atoms with van der Waals surface area (Å²) in [6, 6.07) is 6.98. The first-order valence-electron chi connectivity index (χ1n) is 10.9. The number of aromatic amines is 1. The van der Waals surface area contributed by atoms with Gasteiger partial charge in [-0.2, -0.15) is 0 Å². The number of nitrogens with zero attached hydrogens (tertiary/aromatic N) is 4. The van der Waals surface area contributed by atoms with Crippen LogP contribution in [0.3, 0.4) is 0 Å². The lowest BCUT2D eigenvalue weighted by atomic mass is 10.1. The average Bonchev–Trinajstić information content (AvgIpc) is 3.28. The Labute approximate surface area is 195 Å². The Kier molecular flexibility index (Phi) is 6.13. The second-order valence-corrected chi connectivity index (χ2v) is 7.74. The van der Waals surface area contributed by atoms with Crippen LogP contribution in [0.15, 0.2) is 61.7 Å². The summed E-state index contributed by atoms with van der Waals surface area (Å²) < 4.78 is 11.8. The van der Waals surface area contributed by atoms with Crippen molar-refractivity contribution in [1.82, 2.24) is 30.2 Å². The zero-order valence-corrected chi connectivity index (χ0v) is 18.3. The minimum Gasteiger partial charge on any atom is -0.473 e. The molecule has 34 heavy (non-hydrogen) atoms. The van der Waals surface area contributed by atoms with Crippen LogP contribution in [-0.4, -0.2) is 50.0 Å². The molecular weight excluding hydrogens is 434 g/mol. The summed E-state index contributed by atoms with van der Waals surface area (Å²) in [5.41, 5.74) is 3.19. The van der Waals surface area contributed by atoms with Gasteiger partial charge in [-0.25, -0.2) is 19.9 Å². The molecule has 4 aromatic rings. The van der Waals surface area contributed by atoms with E-state index in [0.29, 0.717) is 40.1 Å². The fourth-order valence-corrected chi connectivity index (χ4v) is 3.67. The quantitative estimate of drug-likeness (QED) is 0.360. The Morgan fingerprint density at radius 1 is 1.12 bits per heavy atom. The molecule has 4 heterocycles. The highest BCUT2D eigenvalue weighted by Crippen LogP contribution is 2.29. The van der Waals surface area contributed by atoms with Crippen LogP contribution in [0.25, 0.3) is 22.4 Å². The van der Waals surface area contributed by atoms with Crippen LogP contribution in [0.5, 0.6) is 17.5 Å². The number of hydrogen-bond acceptors (Lipinski definition) is 8. The molecule has 1 saturated heterocycles. The first-order chi connectivity index (χ1) is 16.7. The van der Waals surface area contributed by atoms with Crippen LogP contribution >= 0.6 is 0 Å². The van der Waals surface area contributed by atoms with Crippen LogP contribution in [0.2, 0.25) is 0 Å². The number of fused-ring (bicyclic) bond motifs is 1. The number of ether oxygens (including phenoxy) is 2. The molecule has 172 valence electrons. The summed E-state index contributed by atoms with van der Waals surface area (Å²) in [7, 11) is 0. The Hall–Kier alpha value is -4.31. The highest BCUT2D eigenvalue weighted by Gasteiger charge is 2.16. The van der Waals surface area contributed by atoms with Crippen molar-refractivity contribution in [2.45, 2.75) is 18.9 Å². The molecule has 0 spiro atoms. The van der Waals surface area contributed by atoms with Gasteiger partial charge in [0.25, 0.3) is 0 Å². The maximum atomic E-state index is 11.5. The molecule has 10 heteroatoms. The first-order valence-corrected chi connectivity index (χ1v) is 10.9. The zero-order chi connectivity index (χ0) is 23.3. The molecule has 1 aliphatic rings. The van der Waals surface area contributed by atoms with Crippen LogP contribution in [0, 0.1) is 0 Å². The first kappa shape index (κ1) is 21.5. The maximum Gasteiger partial charge on any atom is 0.247 e. The van der Waals surface area contributed by atoms with Crippen LogP contribution in [0.1, 0.15) is 12.8 Å². The second-order valence-electron chi connectivity index (χ2n) is 7.74. The average molecular weight is 457 g/mol. The molecule has 1 aromatic carbocycles. The fraction of sp³-hybridized carbons (Fsp3) is 0.208. The van der Waals surface area contributed by atoms with Gasteiger partial charge in [0.1, 0.15) is 17.4 Å². The largest absolute Gasteiger partial charge is 0.473 e. The van der Waals surface area contributed by atoms with E-state index >= 15 is 0 Å². The standard InChI is InChI=1S/C24H23N7O3/c1-2-20(32)30-15-4-3-5-17(10-15)34-22-14-29-24-23(31-22)18(11-28-24)19-12-27-21(13-26-19)33-16-6-8-25-9-7-16/h2-5,10-14,16,25H,1,6-9H2,(H,28,29)(H,30,32). The van der Waals surface area contributed by atoms with Crippen molar-refractivity contribution in [1.29, 1.82) is 0 Å². The van der Waals surface area contributed by atoms with Gasteiger partial charge in [0.2, 0.25) is 17.7 Å². The van der Waals surface area contributed by atoms with E-state index in [0.717, 1.165) is 31.5 Å². The number of carbonyl (C=O) groups excluding carboxylic acids is 1. The summed E-state index contributed by atoms with van der Waals surface area (Å²) in [6.45, 7) is 5.35. The van der Waals surface area contributed by atoms with Crippen LogP contribution < -0.4 is 20.1 Å². The van der Waals surface area contributed by atoms with Crippen LogP contribution in [0.4, 0.5) is 5.69 Å². The summed E-state index contributed by atoms with van der Waals surface area (Å²) in [5.74, 6) is 1.02. The Morgan fingerprint density at radius 3 is 2.76 bits per heavy atom. The van der Waals surface area contributed by atoms with Gasteiger partial charge in [0.15, 0.2) is 5.65 Å². The summed E-state index contributed by atoms with van der Waals surface area (Å²) in [5, 5.41) is 6.01. The molecular formula is C24H23N7O3. The van der Waals surface area contributed by atoms with E-state index in [9.17, 15) is 4.79 Å². The van der Waals surface area contributed by atoms with Gasteiger partial charge in [0.05, 0.1) is 24.3 Å². The minimum atomic E-state index is -0.302. The predicted molar refractivity (Wildman–Crippen MR) is 127 cm³/mol. The van der Waals surface area contributed by atoms with Gasteiger partial charge in [-0.1, -0.05) is 12.6 Å². The number of hydrogen-bond donors (Lipinski definition) is 3. The van der Waals surface area contributed by atoms with E-state index in [4.69, 9.17) is 9.47 Å². The normalized spacial score (nSPS) is 14.0. The molecule has 3 N–H and O–H groups in total. The van der Waals surface area contributed by atoms with Crippen molar-refractivity contribution in [2.75, 3.05) is 18.4 Å². The fourth-order valence-electron chi connectivity index (χ4n) is 3.67. The molecule has 0 unspecified atom stereocenters. The molecule has 5 rings (SSSR count). The third-order valence-corrected chi connectivity index (χ3v) is 5.35. The van der Waals surface area contributed by atoms with Crippen molar-refractivity contribution in [3.05, 3.63) is 61.7 Å². The molecule has 10 nitrogen and oxygen atoms in total. The highest BCUT2D eigenvalue weighted by molar-refractivity contribution is 5.99. The lowest BCUT2D eigenvalue weighted by molar-refractivity contribution is -0.111. The van der Waals surface area contributed by atoms with E-state index in [2.05, 4.69) is 42.1 Å². The number of amides is 1. The van der Waals surface area contributed by atoms with Gasteiger partial charge >= 0.3 is 0 Å². The molecule has 0 bridgehead atoms. The minimum absolute atomic E-state index is 0.156. The van der Waals surface area contributed by atoms with Gasteiger partial charge in [-0.05, 0) is 44.1 Å². The predicted octanol–water partition coefficient (Wildman–Crippen LogP) is 3.46. The van der Waals surface area contributed by atoms with Crippen molar-refractivity contribution < 1.29 is 14.3 Å². The monoisotopic (exact) mass is 457 g/mol. The number of anilines is 1. The van der Waals surface area contributed by atoms with Gasteiger partial charge in [-0.3, -0.25) is 4.79 Å². The topological polar surface area (TPSA) is 127 Å². The second kappa shape index (κ2) is 9.67. The van der Waals surface area contributed by atoms with Gasteiger partial charge in [0, 0.05) is 23.5 Å². The van der Waals surface area contributed by atoms with Crippen molar-refractivity contribution in [2.24, 2.45) is 0 Å². The highest BCUT2D eigenvalue weighted by atomic mass is 16.5. The van der Waals surface area contributed by atoms with Gasteiger partial charge in [-0.15, -0.1) is 0 Å². The summed E-state index contributed by atoms with van der Waals surface area (Å²) >= 11 is 0. The Bertz CT molecular complexity index is 1310. The van der Waals surface area contributed by atoms with Crippen molar-refractivity contribution in [3.63, 3.8) is 0 Å². The molecule has 0 aliphatic carbocycles. The molecule has 1 amide bonds. The number of benzene rings is 1. The molecule has 0 radical (unpaired) electrons. The number of H-pyrrole nitrogens is 1. The molecule has 1 fully saturated rings. The molecule has 1 aliphatic heterocycles. The van der Waals surface area contributed by atoms with Gasteiger partial charge < -0.3 is 25.1 Å². The number of nitrogens with one attached hydrogen (secondary N) is 3. The van der Waals surface area contributed by atoms with E-state index in [1.807, 2.05) is 0 Å². The van der Waals surface area contributed by atoms with Crippen molar-refractivity contribution in [3.8, 4) is 28.8 Å². The Morgan fingerprint density at radius 2 is 1.97 bits per heavy atom. The molecule has 0 atom stereocenters. The number of carbonyl (C=O) groups is 1. The maximum absolute atomic E-state index is 11.5. The number of piperidine rings is 1. The van der Waals surface area contributed by atoms with E-state index in [1.165, 1.54) is 12.3 Å². The Balaban J connectivity index is 1.34. The smallest absolute Gasteiger partial charge is 0.247 e. The summed E-state index contributed by atoms with van der Waals surface area (Å²) in [6.07, 6.45) is 9.88. The molecule has 0 saturated carbocycles. The summed E-state index contributed by atoms with van der Waals surface area (Å²) in [4.78, 5) is 32.6.